The van der Waals surface area contributed by atoms with Gasteiger partial charge >= 0.3 is 5.97 Å². The lowest BCUT2D eigenvalue weighted by molar-refractivity contribution is -0.144. The van der Waals surface area contributed by atoms with Gasteiger partial charge in [-0.3, -0.25) is 4.79 Å². The number of rotatable bonds is 3. The van der Waals surface area contributed by atoms with Crippen LogP contribution in [0.1, 0.15) is 18.4 Å². The van der Waals surface area contributed by atoms with Gasteiger partial charge in [0.2, 0.25) is 0 Å². The summed E-state index contributed by atoms with van der Waals surface area (Å²) in [5, 5.41) is 12.3. The van der Waals surface area contributed by atoms with Crippen LogP contribution in [0.3, 0.4) is 0 Å². The molecule has 5 heteroatoms. The van der Waals surface area contributed by atoms with E-state index in [-0.39, 0.29) is 18.2 Å². The van der Waals surface area contributed by atoms with Gasteiger partial charge in [0.25, 0.3) is 0 Å². The quantitative estimate of drug-likeness (QED) is 0.873. The molecule has 1 unspecified atom stereocenters. The first-order valence-corrected chi connectivity index (χ1v) is 5.35. The molecular formula is C12H15ClFNO2. The Morgan fingerprint density at radius 3 is 2.82 bits per heavy atom. The van der Waals surface area contributed by atoms with Crippen LogP contribution in [0.25, 0.3) is 0 Å². The third kappa shape index (κ3) is 2.96. The van der Waals surface area contributed by atoms with Crippen molar-refractivity contribution in [2.45, 2.75) is 24.8 Å². The molecule has 0 aromatic heterocycles. The summed E-state index contributed by atoms with van der Waals surface area (Å²) in [6, 6.07) is 6.12. The molecule has 0 aliphatic carbocycles. The van der Waals surface area contributed by atoms with Crippen LogP contribution >= 0.6 is 12.4 Å². The number of carboxylic acids is 1. The molecule has 1 aliphatic rings. The fourth-order valence-corrected chi connectivity index (χ4v) is 2.21. The van der Waals surface area contributed by atoms with E-state index in [4.69, 9.17) is 0 Å². The Morgan fingerprint density at radius 1 is 1.53 bits per heavy atom. The molecule has 94 valence electrons. The molecule has 1 aliphatic heterocycles. The Balaban J connectivity index is 0.00000144. The topological polar surface area (TPSA) is 49.3 Å². The number of aliphatic carboxylic acids is 1. The van der Waals surface area contributed by atoms with Gasteiger partial charge in [-0.15, -0.1) is 12.4 Å². The molecule has 1 saturated heterocycles. The number of halogens is 2. The van der Waals surface area contributed by atoms with E-state index in [1.54, 1.807) is 12.1 Å². The fraction of sp³-hybridized carbons (Fsp3) is 0.417. The van der Waals surface area contributed by atoms with Gasteiger partial charge in [0.1, 0.15) is 11.4 Å². The molecular weight excluding hydrogens is 245 g/mol. The monoisotopic (exact) mass is 259 g/mol. The van der Waals surface area contributed by atoms with Crippen molar-refractivity contribution in [3.63, 3.8) is 0 Å². The molecule has 0 saturated carbocycles. The summed E-state index contributed by atoms with van der Waals surface area (Å²) in [7, 11) is 0. The Labute approximate surface area is 105 Å². The Kier molecular flexibility index (Phi) is 4.48. The number of benzene rings is 1. The van der Waals surface area contributed by atoms with Crippen molar-refractivity contribution < 1.29 is 14.3 Å². The zero-order chi connectivity index (χ0) is 11.6. The van der Waals surface area contributed by atoms with E-state index >= 15 is 0 Å². The van der Waals surface area contributed by atoms with E-state index in [2.05, 4.69) is 5.32 Å². The predicted octanol–water partition coefficient (Wildman–Crippen LogP) is 2.00. The van der Waals surface area contributed by atoms with E-state index < -0.39 is 11.5 Å². The average molecular weight is 260 g/mol. The SMILES string of the molecule is Cl.O=C(O)C1(Cc2cccc(F)c2)CCCN1. The van der Waals surface area contributed by atoms with Crippen LogP contribution in [0.2, 0.25) is 0 Å². The molecule has 0 bridgehead atoms. The van der Waals surface area contributed by atoms with Gasteiger partial charge in [-0.2, -0.15) is 0 Å². The molecule has 17 heavy (non-hydrogen) atoms. The number of carbonyl (C=O) groups is 1. The number of carboxylic acid groups (broad SMARTS) is 1. The summed E-state index contributed by atoms with van der Waals surface area (Å²) in [4.78, 5) is 11.3. The van der Waals surface area contributed by atoms with Crippen molar-refractivity contribution >= 4 is 18.4 Å². The zero-order valence-corrected chi connectivity index (χ0v) is 10.1. The van der Waals surface area contributed by atoms with Gasteiger partial charge in [-0.05, 0) is 37.1 Å². The highest BCUT2D eigenvalue weighted by Gasteiger charge is 2.40. The fourth-order valence-electron chi connectivity index (χ4n) is 2.21. The van der Waals surface area contributed by atoms with Gasteiger partial charge < -0.3 is 10.4 Å². The standard InChI is InChI=1S/C12H14FNO2.ClH/c13-10-4-1-3-9(7-10)8-12(11(15)16)5-2-6-14-12;/h1,3-4,7,14H,2,5-6,8H2,(H,15,16);1H. The summed E-state index contributed by atoms with van der Waals surface area (Å²) in [6.07, 6.45) is 1.78. The first-order chi connectivity index (χ1) is 7.62. The second-order valence-electron chi connectivity index (χ2n) is 4.22. The Hall–Kier alpha value is -1.13. The zero-order valence-electron chi connectivity index (χ0n) is 9.28. The highest BCUT2D eigenvalue weighted by Crippen LogP contribution is 2.24. The summed E-state index contributed by atoms with van der Waals surface area (Å²) >= 11 is 0. The summed E-state index contributed by atoms with van der Waals surface area (Å²) in [5.41, 5.74) is -0.190. The minimum absolute atomic E-state index is 0. The maximum Gasteiger partial charge on any atom is 0.324 e. The van der Waals surface area contributed by atoms with E-state index in [1.165, 1.54) is 12.1 Å². The molecule has 0 amide bonds. The number of nitrogens with one attached hydrogen (secondary N) is 1. The lowest BCUT2D eigenvalue weighted by atomic mass is 9.89. The van der Waals surface area contributed by atoms with Crippen LogP contribution in [-0.4, -0.2) is 23.2 Å². The Morgan fingerprint density at radius 2 is 2.29 bits per heavy atom. The van der Waals surface area contributed by atoms with Crippen molar-refractivity contribution in [1.82, 2.24) is 5.32 Å². The van der Waals surface area contributed by atoms with Crippen molar-refractivity contribution in [1.29, 1.82) is 0 Å². The second kappa shape index (κ2) is 5.47. The van der Waals surface area contributed by atoms with Gasteiger partial charge in [0.05, 0.1) is 0 Å². The predicted molar refractivity (Wildman–Crippen MR) is 65.0 cm³/mol. The van der Waals surface area contributed by atoms with Crippen LogP contribution in [0.5, 0.6) is 0 Å². The van der Waals surface area contributed by atoms with Crippen LogP contribution in [0.15, 0.2) is 24.3 Å². The first kappa shape index (κ1) is 13.9. The minimum Gasteiger partial charge on any atom is -0.480 e. The molecule has 2 rings (SSSR count). The first-order valence-electron chi connectivity index (χ1n) is 5.35. The lowest BCUT2D eigenvalue weighted by Crippen LogP contribution is -2.49. The van der Waals surface area contributed by atoms with Crippen molar-refractivity contribution in [2.75, 3.05) is 6.54 Å². The van der Waals surface area contributed by atoms with Crippen LogP contribution in [0, 0.1) is 5.82 Å². The molecule has 3 nitrogen and oxygen atoms in total. The molecule has 2 N–H and O–H groups in total. The van der Waals surface area contributed by atoms with E-state index in [9.17, 15) is 14.3 Å². The maximum absolute atomic E-state index is 13.0. The third-order valence-electron chi connectivity index (χ3n) is 3.05. The van der Waals surface area contributed by atoms with Gasteiger partial charge in [0.15, 0.2) is 0 Å². The second-order valence-corrected chi connectivity index (χ2v) is 4.22. The molecule has 1 fully saturated rings. The molecule has 0 radical (unpaired) electrons. The summed E-state index contributed by atoms with van der Waals surface area (Å²) in [5.74, 6) is -1.18. The van der Waals surface area contributed by atoms with Gasteiger partial charge in [-0.25, -0.2) is 4.39 Å². The van der Waals surface area contributed by atoms with Crippen LogP contribution in [0.4, 0.5) is 4.39 Å². The molecule has 1 aromatic carbocycles. The summed E-state index contributed by atoms with van der Waals surface area (Å²) < 4.78 is 13.0. The Bertz CT molecular complexity index is 405. The molecule has 1 heterocycles. The van der Waals surface area contributed by atoms with Crippen LogP contribution in [-0.2, 0) is 11.2 Å². The molecule has 1 atom stereocenters. The van der Waals surface area contributed by atoms with Crippen molar-refractivity contribution in [3.8, 4) is 0 Å². The van der Waals surface area contributed by atoms with Gasteiger partial charge in [0, 0.05) is 6.42 Å². The highest BCUT2D eigenvalue weighted by atomic mass is 35.5. The van der Waals surface area contributed by atoms with E-state index in [1.807, 2.05) is 0 Å². The smallest absolute Gasteiger partial charge is 0.324 e. The third-order valence-corrected chi connectivity index (χ3v) is 3.05. The normalized spacial score (nSPS) is 23.1. The summed E-state index contributed by atoms with van der Waals surface area (Å²) in [6.45, 7) is 0.710. The van der Waals surface area contributed by atoms with E-state index in [0.717, 1.165) is 12.0 Å². The van der Waals surface area contributed by atoms with Crippen LogP contribution < -0.4 is 5.32 Å². The van der Waals surface area contributed by atoms with Gasteiger partial charge in [-0.1, -0.05) is 12.1 Å². The largest absolute Gasteiger partial charge is 0.480 e. The van der Waals surface area contributed by atoms with Crippen molar-refractivity contribution in [3.05, 3.63) is 35.6 Å². The molecule has 0 spiro atoms. The average Bonchev–Trinajstić information content (AvgIpc) is 2.67. The highest BCUT2D eigenvalue weighted by molar-refractivity contribution is 5.85. The lowest BCUT2D eigenvalue weighted by Gasteiger charge is -2.24. The van der Waals surface area contributed by atoms with E-state index in [0.29, 0.717) is 19.4 Å². The van der Waals surface area contributed by atoms with Crippen molar-refractivity contribution in [2.24, 2.45) is 0 Å². The number of hydrogen-bond acceptors (Lipinski definition) is 2. The molecule has 1 aromatic rings. The minimum atomic E-state index is -0.909. The maximum atomic E-state index is 13.0. The number of hydrogen-bond donors (Lipinski definition) is 2.